The summed E-state index contributed by atoms with van der Waals surface area (Å²) < 4.78 is 5.23. The van der Waals surface area contributed by atoms with Crippen LogP contribution in [0.3, 0.4) is 0 Å². The first-order valence-electron chi connectivity index (χ1n) is 5.79. The second kappa shape index (κ2) is 6.50. The number of phenols is 1. The number of carbonyl (C=O) groups excluding carboxylic acids is 1. The molecular weight excluding hydrogens is 240 g/mol. The lowest BCUT2D eigenvalue weighted by Crippen LogP contribution is -2.01. The molecule has 0 heterocycles. The molecule has 1 rings (SSSR count). The Morgan fingerprint density at radius 1 is 1.41 bits per heavy atom. The second-order valence-corrected chi connectivity index (χ2v) is 4.11. The van der Waals surface area contributed by atoms with Gasteiger partial charge >= 0.3 is 0 Å². The van der Waals surface area contributed by atoms with Gasteiger partial charge in [0.25, 0.3) is 0 Å². The van der Waals surface area contributed by atoms with E-state index in [0.29, 0.717) is 18.8 Å². The Kier molecular flexibility index (Phi) is 5.29. The van der Waals surface area contributed by atoms with Crippen LogP contribution in [-0.4, -0.2) is 17.5 Å². The molecular formula is C13H17ClO3. The summed E-state index contributed by atoms with van der Waals surface area (Å²) >= 11 is 5.93. The molecule has 0 fully saturated rings. The number of rotatable bonds is 6. The SMILES string of the molecule is CCCCC(=O)c1ccc(OCC)c(Cl)c1O. The molecule has 1 aromatic rings. The smallest absolute Gasteiger partial charge is 0.166 e. The lowest BCUT2D eigenvalue weighted by molar-refractivity contribution is 0.0977. The van der Waals surface area contributed by atoms with Crippen molar-refractivity contribution < 1.29 is 14.6 Å². The molecule has 0 aliphatic heterocycles. The third-order valence-corrected chi connectivity index (χ3v) is 2.80. The van der Waals surface area contributed by atoms with Gasteiger partial charge < -0.3 is 9.84 Å². The molecule has 0 radical (unpaired) electrons. The van der Waals surface area contributed by atoms with Crippen LogP contribution >= 0.6 is 11.6 Å². The Hall–Kier alpha value is -1.22. The predicted molar refractivity (Wildman–Crippen MR) is 68.1 cm³/mol. The highest BCUT2D eigenvalue weighted by Crippen LogP contribution is 2.36. The summed E-state index contributed by atoms with van der Waals surface area (Å²) in [6.07, 6.45) is 2.18. The van der Waals surface area contributed by atoms with Crippen molar-refractivity contribution in [3.05, 3.63) is 22.7 Å². The van der Waals surface area contributed by atoms with E-state index in [0.717, 1.165) is 12.8 Å². The summed E-state index contributed by atoms with van der Waals surface area (Å²) in [7, 11) is 0. The average Bonchev–Trinajstić information content (AvgIpc) is 2.32. The minimum Gasteiger partial charge on any atom is -0.505 e. The van der Waals surface area contributed by atoms with Crippen LogP contribution < -0.4 is 4.74 Å². The van der Waals surface area contributed by atoms with Gasteiger partial charge in [-0.1, -0.05) is 24.9 Å². The fourth-order valence-electron chi connectivity index (χ4n) is 1.51. The molecule has 4 heteroatoms. The summed E-state index contributed by atoms with van der Waals surface area (Å²) in [5.74, 6) is 0.131. The number of hydrogen-bond donors (Lipinski definition) is 1. The maximum atomic E-state index is 11.8. The number of aromatic hydroxyl groups is 1. The van der Waals surface area contributed by atoms with E-state index in [1.807, 2.05) is 13.8 Å². The molecule has 0 spiro atoms. The molecule has 1 aromatic carbocycles. The van der Waals surface area contributed by atoms with Gasteiger partial charge in [-0.15, -0.1) is 0 Å². The van der Waals surface area contributed by atoms with Crippen molar-refractivity contribution in [3.63, 3.8) is 0 Å². The fourth-order valence-corrected chi connectivity index (χ4v) is 1.73. The van der Waals surface area contributed by atoms with Gasteiger partial charge in [0.15, 0.2) is 5.78 Å². The number of phenolic OH excluding ortho intramolecular Hbond substituents is 1. The molecule has 0 aromatic heterocycles. The third-order valence-electron chi connectivity index (χ3n) is 2.44. The van der Waals surface area contributed by atoms with Crippen molar-refractivity contribution >= 4 is 17.4 Å². The third kappa shape index (κ3) is 3.37. The van der Waals surface area contributed by atoms with Crippen molar-refractivity contribution in [2.45, 2.75) is 33.1 Å². The van der Waals surface area contributed by atoms with Crippen molar-refractivity contribution in [1.29, 1.82) is 0 Å². The Labute approximate surface area is 106 Å². The van der Waals surface area contributed by atoms with Gasteiger partial charge in [-0.3, -0.25) is 4.79 Å². The Balaban J connectivity index is 2.95. The number of unbranched alkanes of at least 4 members (excludes halogenated alkanes) is 1. The molecule has 17 heavy (non-hydrogen) atoms. The quantitative estimate of drug-likeness (QED) is 0.787. The Morgan fingerprint density at radius 3 is 2.71 bits per heavy atom. The first-order chi connectivity index (χ1) is 8.11. The summed E-state index contributed by atoms with van der Waals surface area (Å²) in [5.41, 5.74) is 0.270. The number of Topliss-reactive ketones (excluding diaryl/α,β-unsaturated/α-hetero) is 1. The van der Waals surface area contributed by atoms with Crippen molar-refractivity contribution in [2.75, 3.05) is 6.61 Å². The van der Waals surface area contributed by atoms with Gasteiger partial charge in [-0.25, -0.2) is 0 Å². The van der Waals surface area contributed by atoms with Crippen LogP contribution in [-0.2, 0) is 0 Å². The number of carbonyl (C=O) groups is 1. The maximum Gasteiger partial charge on any atom is 0.166 e. The second-order valence-electron chi connectivity index (χ2n) is 3.73. The molecule has 3 nitrogen and oxygen atoms in total. The van der Waals surface area contributed by atoms with Gasteiger partial charge in [0.05, 0.1) is 12.2 Å². The first kappa shape index (κ1) is 13.8. The highest BCUT2D eigenvalue weighted by Gasteiger charge is 2.16. The highest BCUT2D eigenvalue weighted by atomic mass is 35.5. The topological polar surface area (TPSA) is 46.5 Å². The zero-order valence-electron chi connectivity index (χ0n) is 10.1. The molecule has 1 N–H and O–H groups in total. The minimum atomic E-state index is -0.182. The van der Waals surface area contributed by atoms with Crippen LogP contribution in [0.5, 0.6) is 11.5 Å². The van der Waals surface area contributed by atoms with Crippen molar-refractivity contribution in [3.8, 4) is 11.5 Å². The fraction of sp³-hybridized carbons (Fsp3) is 0.462. The van der Waals surface area contributed by atoms with Crippen LogP contribution in [0.25, 0.3) is 0 Å². The van der Waals surface area contributed by atoms with Crippen molar-refractivity contribution in [1.82, 2.24) is 0 Å². The number of halogens is 1. The highest BCUT2D eigenvalue weighted by molar-refractivity contribution is 6.34. The first-order valence-corrected chi connectivity index (χ1v) is 6.17. The number of ether oxygens (including phenoxy) is 1. The van der Waals surface area contributed by atoms with E-state index in [1.54, 1.807) is 12.1 Å². The van der Waals surface area contributed by atoms with E-state index in [9.17, 15) is 9.90 Å². The maximum absolute atomic E-state index is 11.8. The van der Waals surface area contributed by atoms with Gasteiger partial charge in [0, 0.05) is 6.42 Å². The molecule has 0 aliphatic rings. The van der Waals surface area contributed by atoms with Crippen LogP contribution in [0.1, 0.15) is 43.5 Å². The zero-order chi connectivity index (χ0) is 12.8. The number of ketones is 1. The lowest BCUT2D eigenvalue weighted by atomic mass is 10.0. The van der Waals surface area contributed by atoms with E-state index in [2.05, 4.69) is 0 Å². The van der Waals surface area contributed by atoms with Crippen LogP contribution in [0.15, 0.2) is 12.1 Å². The predicted octanol–water partition coefficient (Wildman–Crippen LogP) is 3.82. The van der Waals surface area contributed by atoms with Crippen LogP contribution in [0, 0.1) is 0 Å². The largest absolute Gasteiger partial charge is 0.505 e. The molecule has 0 amide bonds. The van der Waals surface area contributed by atoms with Gasteiger partial charge in [-0.05, 0) is 25.5 Å². The Morgan fingerprint density at radius 2 is 2.12 bits per heavy atom. The van der Waals surface area contributed by atoms with E-state index < -0.39 is 0 Å². The van der Waals surface area contributed by atoms with E-state index in [4.69, 9.17) is 16.3 Å². The normalized spacial score (nSPS) is 10.3. The molecule has 0 atom stereocenters. The summed E-state index contributed by atoms with van der Waals surface area (Å²) in [6, 6.07) is 3.18. The van der Waals surface area contributed by atoms with Gasteiger partial charge in [0.1, 0.15) is 16.5 Å². The van der Waals surface area contributed by atoms with Gasteiger partial charge in [-0.2, -0.15) is 0 Å². The zero-order valence-corrected chi connectivity index (χ0v) is 10.9. The monoisotopic (exact) mass is 256 g/mol. The summed E-state index contributed by atoms with van der Waals surface area (Å²) in [4.78, 5) is 11.8. The Bertz CT molecular complexity index is 402. The molecule has 0 saturated heterocycles. The van der Waals surface area contributed by atoms with E-state index in [-0.39, 0.29) is 22.1 Å². The van der Waals surface area contributed by atoms with Crippen molar-refractivity contribution in [2.24, 2.45) is 0 Å². The lowest BCUT2D eigenvalue weighted by Gasteiger charge is -2.10. The summed E-state index contributed by atoms with van der Waals surface area (Å²) in [6.45, 7) is 4.30. The minimum absolute atomic E-state index is 0.0886. The van der Waals surface area contributed by atoms with Crippen LogP contribution in [0.4, 0.5) is 0 Å². The number of benzene rings is 1. The molecule has 0 aliphatic carbocycles. The van der Waals surface area contributed by atoms with Gasteiger partial charge in [0.2, 0.25) is 0 Å². The van der Waals surface area contributed by atoms with E-state index >= 15 is 0 Å². The molecule has 0 saturated carbocycles. The molecule has 0 unspecified atom stereocenters. The standard InChI is InChI=1S/C13H17ClO3/c1-3-5-6-10(15)9-7-8-11(17-4-2)12(14)13(9)16/h7-8,16H,3-6H2,1-2H3. The number of hydrogen-bond acceptors (Lipinski definition) is 3. The van der Waals surface area contributed by atoms with Crippen LogP contribution in [0.2, 0.25) is 5.02 Å². The molecule has 94 valence electrons. The summed E-state index contributed by atoms with van der Waals surface area (Å²) in [5, 5.41) is 9.95. The molecule has 0 bridgehead atoms. The average molecular weight is 257 g/mol. The van der Waals surface area contributed by atoms with E-state index in [1.165, 1.54) is 0 Å².